The van der Waals surface area contributed by atoms with Crippen molar-refractivity contribution in [2.75, 3.05) is 26.2 Å². The Hall–Kier alpha value is -1.78. The molecular formula is C16H22N4. The van der Waals surface area contributed by atoms with Gasteiger partial charge in [0.05, 0.1) is 6.17 Å². The summed E-state index contributed by atoms with van der Waals surface area (Å²) >= 11 is 0. The number of hydrogen-bond donors (Lipinski definition) is 2. The molecule has 3 rings (SSSR count). The van der Waals surface area contributed by atoms with E-state index in [1.54, 1.807) is 0 Å². The average molecular weight is 270 g/mol. The van der Waals surface area contributed by atoms with Crippen LogP contribution in [0.15, 0.2) is 54.4 Å². The van der Waals surface area contributed by atoms with E-state index in [-0.39, 0.29) is 0 Å². The first-order chi connectivity index (χ1) is 9.81. The van der Waals surface area contributed by atoms with E-state index >= 15 is 0 Å². The van der Waals surface area contributed by atoms with Crippen LogP contribution in [-0.2, 0) is 6.54 Å². The standard InChI is InChI=1S/C16H22N4/c17-15-6-7-16(18-12-15)20-10-8-19(9-11-20)13-14-4-2-1-3-5-14/h1-7,12,16,18H,8-11,13,17H2. The Kier molecular flexibility index (Phi) is 4.04. The molecule has 1 aromatic carbocycles. The fraction of sp³-hybridized carbons (Fsp3) is 0.375. The molecule has 0 aromatic heterocycles. The molecule has 0 spiro atoms. The zero-order chi connectivity index (χ0) is 13.8. The normalized spacial score (nSPS) is 24.2. The third-order valence-corrected chi connectivity index (χ3v) is 3.94. The molecule has 1 aromatic rings. The van der Waals surface area contributed by atoms with Gasteiger partial charge in [-0.1, -0.05) is 30.3 Å². The van der Waals surface area contributed by atoms with Gasteiger partial charge in [0.25, 0.3) is 0 Å². The molecule has 2 heterocycles. The third-order valence-electron chi connectivity index (χ3n) is 3.94. The summed E-state index contributed by atoms with van der Waals surface area (Å²) < 4.78 is 0. The molecule has 1 saturated heterocycles. The van der Waals surface area contributed by atoms with Crippen molar-refractivity contribution in [3.63, 3.8) is 0 Å². The van der Waals surface area contributed by atoms with Crippen LogP contribution >= 0.6 is 0 Å². The van der Waals surface area contributed by atoms with Crippen molar-refractivity contribution >= 4 is 0 Å². The first kappa shape index (κ1) is 13.2. The molecule has 0 radical (unpaired) electrons. The molecule has 0 amide bonds. The molecule has 4 heteroatoms. The number of benzene rings is 1. The van der Waals surface area contributed by atoms with Gasteiger partial charge in [-0.05, 0) is 17.7 Å². The molecule has 1 fully saturated rings. The molecule has 106 valence electrons. The van der Waals surface area contributed by atoms with Crippen LogP contribution < -0.4 is 11.1 Å². The molecular weight excluding hydrogens is 248 g/mol. The zero-order valence-corrected chi connectivity index (χ0v) is 11.7. The maximum atomic E-state index is 5.72. The second-order valence-electron chi connectivity index (χ2n) is 5.41. The summed E-state index contributed by atoms with van der Waals surface area (Å²) in [4.78, 5) is 4.98. The number of piperazine rings is 1. The van der Waals surface area contributed by atoms with Crippen molar-refractivity contribution in [2.24, 2.45) is 5.73 Å². The van der Waals surface area contributed by atoms with Gasteiger partial charge >= 0.3 is 0 Å². The number of nitrogens with zero attached hydrogens (tertiary/aromatic N) is 2. The van der Waals surface area contributed by atoms with Crippen LogP contribution in [0.5, 0.6) is 0 Å². The highest BCUT2D eigenvalue weighted by Gasteiger charge is 2.22. The van der Waals surface area contributed by atoms with Crippen LogP contribution in [0.1, 0.15) is 5.56 Å². The Morgan fingerprint density at radius 2 is 1.85 bits per heavy atom. The van der Waals surface area contributed by atoms with E-state index in [0.717, 1.165) is 38.4 Å². The lowest BCUT2D eigenvalue weighted by atomic mass is 10.2. The van der Waals surface area contributed by atoms with Crippen LogP contribution in [0, 0.1) is 0 Å². The SMILES string of the molecule is NC1=CNC(N2CCN(Cc3ccccc3)CC2)C=C1. The predicted octanol–water partition coefficient (Wildman–Crippen LogP) is 1.09. The molecule has 20 heavy (non-hydrogen) atoms. The van der Waals surface area contributed by atoms with Gasteiger partial charge in [-0.15, -0.1) is 0 Å². The highest BCUT2D eigenvalue weighted by Crippen LogP contribution is 2.12. The average Bonchev–Trinajstić information content (AvgIpc) is 2.50. The Balaban J connectivity index is 1.49. The second kappa shape index (κ2) is 6.11. The number of nitrogens with one attached hydrogen (secondary N) is 1. The first-order valence-electron chi connectivity index (χ1n) is 7.21. The van der Waals surface area contributed by atoms with Gasteiger partial charge in [0.2, 0.25) is 0 Å². The van der Waals surface area contributed by atoms with E-state index in [0.29, 0.717) is 6.17 Å². The van der Waals surface area contributed by atoms with Crippen molar-refractivity contribution in [3.05, 3.63) is 59.9 Å². The van der Waals surface area contributed by atoms with Gasteiger partial charge in [-0.2, -0.15) is 0 Å². The van der Waals surface area contributed by atoms with Crippen molar-refractivity contribution in [2.45, 2.75) is 12.7 Å². The Bertz CT molecular complexity index is 486. The molecule has 1 atom stereocenters. The minimum absolute atomic E-state index is 0.293. The van der Waals surface area contributed by atoms with E-state index in [4.69, 9.17) is 5.73 Å². The molecule has 3 N–H and O–H groups in total. The summed E-state index contributed by atoms with van der Waals surface area (Å²) in [7, 11) is 0. The van der Waals surface area contributed by atoms with Crippen LogP contribution in [-0.4, -0.2) is 42.1 Å². The van der Waals surface area contributed by atoms with Crippen LogP contribution in [0.2, 0.25) is 0 Å². The van der Waals surface area contributed by atoms with Gasteiger partial charge in [0.15, 0.2) is 0 Å². The van der Waals surface area contributed by atoms with Gasteiger partial charge in [-0.3, -0.25) is 9.80 Å². The second-order valence-corrected chi connectivity index (χ2v) is 5.41. The van der Waals surface area contributed by atoms with E-state index in [1.807, 2.05) is 12.3 Å². The molecule has 0 aliphatic carbocycles. The fourth-order valence-corrected chi connectivity index (χ4v) is 2.76. The lowest BCUT2D eigenvalue weighted by molar-refractivity contribution is 0.0998. The Labute approximate surface area is 120 Å². The number of hydrogen-bond acceptors (Lipinski definition) is 4. The fourth-order valence-electron chi connectivity index (χ4n) is 2.76. The molecule has 2 aliphatic heterocycles. The van der Waals surface area contributed by atoms with Crippen LogP contribution in [0.25, 0.3) is 0 Å². The lowest BCUT2D eigenvalue weighted by Crippen LogP contribution is -2.53. The molecule has 1 unspecified atom stereocenters. The van der Waals surface area contributed by atoms with Crippen molar-refractivity contribution < 1.29 is 0 Å². The van der Waals surface area contributed by atoms with Gasteiger partial charge < -0.3 is 11.1 Å². The highest BCUT2D eigenvalue weighted by atomic mass is 15.3. The van der Waals surface area contributed by atoms with Crippen molar-refractivity contribution in [1.82, 2.24) is 15.1 Å². The molecule has 0 saturated carbocycles. The van der Waals surface area contributed by atoms with E-state index in [2.05, 4.69) is 51.5 Å². The maximum absolute atomic E-state index is 5.72. The summed E-state index contributed by atoms with van der Waals surface area (Å²) in [5.41, 5.74) is 7.91. The highest BCUT2D eigenvalue weighted by molar-refractivity contribution is 5.20. The number of nitrogens with two attached hydrogens (primary N) is 1. The first-order valence-corrected chi connectivity index (χ1v) is 7.21. The van der Waals surface area contributed by atoms with E-state index in [9.17, 15) is 0 Å². The summed E-state index contributed by atoms with van der Waals surface area (Å²) in [6.45, 7) is 5.45. The van der Waals surface area contributed by atoms with Gasteiger partial charge in [0, 0.05) is 44.6 Å². The van der Waals surface area contributed by atoms with E-state index < -0.39 is 0 Å². The molecule has 0 bridgehead atoms. The number of allylic oxidation sites excluding steroid dienone is 1. The Morgan fingerprint density at radius 3 is 2.50 bits per heavy atom. The van der Waals surface area contributed by atoms with E-state index in [1.165, 1.54) is 5.56 Å². The van der Waals surface area contributed by atoms with Gasteiger partial charge in [-0.25, -0.2) is 0 Å². The smallest absolute Gasteiger partial charge is 0.0987 e. The minimum Gasteiger partial charge on any atom is -0.398 e. The topological polar surface area (TPSA) is 44.5 Å². The zero-order valence-electron chi connectivity index (χ0n) is 11.7. The lowest BCUT2D eigenvalue weighted by Gasteiger charge is -2.39. The van der Waals surface area contributed by atoms with Crippen LogP contribution in [0.3, 0.4) is 0 Å². The number of rotatable bonds is 3. The predicted molar refractivity (Wildman–Crippen MR) is 81.6 cm³/mol. The number of dihydropyridines is 1. The van der Waals surface area contributed by atoms with Crippen molar-refractivity contribution in [1.29, 1.82) is 0 Å². The summed E-state index contributed by atoms with van der Waals surface area (Å²) in [5.74, 6) is 0. The van der Waals surface area contributed by atoms with Gasteiger partial charge in [0.1, 0.15) is 0 Å². The summed E-state index contributed by atoms with van der Waals surface area (Å²) in [5, 5.41) is 3.34. The largest absolute Gasteiger partial charge is 0.398 e. The van der Waals surface area contributed by atoms with Crippen molar-refractivity contribution in [3.8, 4) is 0 Å². The maximum Gasteiger partial charge on any atom is 0.0987 e. The summed E-state index contributed by atoms with van der Waals surface area (Å²) in [6.07, 6.45) is 6.31. The summed E-state index contributed by atoms with van der Waals surface area (Å²) in [6, 6.07) is 10.7. The van der Waals surface area contributed by atoms with Crippen LogP contribution in [0.4, 0.5) is 0 Å². The molecule has 4 nitrogen and oxygen atoms in total. The molecule has 2 aliphatic rings. The quantitative estimate of drug-likeness (QED) is 0.863. The monoisotopic (exact) mass is 270 g/mol. The minimum atomic E-state index is 0.293. The third kappa shape index (κ3) is 3.21. The Morgan fingerprint density at radius 1 is 1.10 bits per heavy atom.